The van der Waals surface area contributed by atoms with Crippen LogP contribution in [-0.4, -0.2) is 73.7 Å². The second kappa shape index (κ2) is 9.54. The van der Waals surface area contributed by atoms with E-state index >= 15 is 0 Å². The van der Waals surface area contributed by atoms with E-state index in [0.717, 1.165) is 5.69 Å². The van der Waals surface area contributed by atoms with E-state index in [1.165, 1.54) is 0 Å². The standard InChI is InChI=1S/C17H22F3N3O3/c18-17(19,20)13-26-11-6-16(25)23-9-7-22(8-10-23)12-15(24)21-14-4-2-1-3-5-14/h1-5H,6-13H2,(H,21,24). The number of carbonyl (C=O) groups excluding carboxylic acids is 2. The quantitative estimate of drug-likeness (QED) is 0.740. The molecule has 0 radical (unpaired) electrons. The van der Waals surface area contributed by atoms with Crippen molar-refractivity contribution in [3.05, 3.63) is 30.3 Å². The molecule has 144 valence electrons. The van der Waals surface area contributed by atoms with Crippen LogP contribution in [0, 0.1) is 0 Å². The number of piperazine rings is 1. The first-order chi connectivity index (χ1) is 12.3. The summed E-state index contributed by atoms with van der Waals surface area (Å²) in [4.78, 5) is 27.5. The second-order valence-corrected chi connectivity index (χ2v) is 5.99. The van der Waals surface area contributed by atoms with Crippen molar-refractivity contribution in [1.82, 2.24) is 9.80 Å². The first-order valence-electron chi connectivity index (χ1n) is 8.33. The van der Waals surface area contributed by atoms with Crippen LogP contribution in [0.4, 0.5) is 18.9 Å². The number of amides is 2. The molecule has 1 aliphatic heterocycles. The molecule has 0 aliphatic carbocycles. The summed E-state index contributed by atoms with van der Waals surface area (Å²) in [6.45, 7) is 0.594. The number of ether oxygens (including phenoxy) is 1. The summed E-state index contributed by atoms with van der Waals surface area (Å²) >= 11 is 0. The predicted octanol–water partition coefficient (Wildman–Crippen LogP) is 1.74. The molecule has 1 aromatic rings. The van der Waals surface area contributed by atoms with Gasteiger partial charge in [0.2, 0.25) is 11.8 Å². The van der Waals surface area contributed by atoms with Crippen LogP contribution < -0.4 is 5.32 Å². The van der Waals surface area contributed by atoms with Crippen LogP contribution in [0.3, 0.4) is 0 Å². The van der Waals surface area contributed by atoms with E-state index in [4.69, 9.17) is 0 Å². The summed E-state index contributed by atoms with van der Waals surface area (Å²) in [6.07, 6.45) is -4.46. The van der Waals surface area contributed by atoms with E-state index in [9.17, 15) is 22.8 Å². The van der Waals surface area contributed by atoms with E-state index in [1.807, 2.05) is 23.1 Å². The Morgan fingerprint density at radius 1 is 1.08 bits per heavy atom. The van der Waals surface area contributed by atoms with Crippen molar-refractivity contribution in [2.24, 2.45) is 0 Å². The molecule has 1 N–H and O–H groups in total. The zero-order valence-corrected chi connectivity index (χ0v) is 14.3. The zero-order valence-electron chi connectivity index (χ0n) is 14.3. The van der Waals surface area contributed by atoms with Crippen LogP contribution in [0.1, 0.15) is 6.42 Å². The van der Waals surface area contributed by atoms with Gasteiger partial charge in [-0.1, -0.05) is 18.2 Å². The Morgan fingerprint density at radius 3 is 2.35 bits per heavy atom. The average Bonchev–Trinajstić information content (AvgIpc) is 2.59. The van der Waals surface area contributed by atoms with Gasteiger partial charge in [-0.05, 0) is 12.1 Å². The molecule has 0 unspecified atom stereocenters. The fourth-order valence-corrected chi connectivity index (χ4v) is 2.59. The van der Waals surface area contributed by atoms with Crippen LogP contribution in [0.15, 0.2) is 30.3 Å². The predicted molar refractivity (Wildman–Crippen MR) is 89.6 cm³/mol. The number of benzene rings is 1. The molecular weight excluding hydrogens is 351 g/mol. The normalized spacial score (nSPS) is 15.7. The first kappa shape index (κ1) is 20.2. The molecule has 1 aromatic carbocycles. The van der Waals surface area contributed by atoms with Crippen molar-refractivity contribution in [2.75, 3.05) is 51.3 Å². The van der Waals surface area contributed by atoms with Gasteiger partial charge in [-0.2, -0.15) is 13.2 Å². The molecule has 0 aromatic heterocycles. The van der Waals surface area contributed by atoms with Crippen LogP contribution in [0.5, 0.6) is 0 Å². The summed E-state index contributed by atoms with van der Waals surface area (Å²) in [5, 5.41) is 2.80. The van der Waals surface area contributed by atoms with Crippen LogP contribution in [-0.2, 0) is 14.3 Å². The van der Waals surface area contributed by atoms with Crippen molar-refractivity contribution in [3.8, 4) is 0 Å². The van der Waals surface area contributed by atoms with Gasteiger partial charge in [0.05, 0.1) is 19.6 Å². The molecule has 1 fully saturated rings. The largest absolute Gasteiger partial charge is 0.411 e. The number of para-hydroxylation sites is 1. The third kappa shape index (κ3) is 7.40. The highest BCUT2D eigenvalue weighted by Crippen LogP contribution is 2.14. The molecule has 2 amide bonds. The third-order valence-corrected chi connectivity index (χ3v) is 3.88. The molecule has 0 atom stereocenters. The van der Waals surface area contributed by atoms with Crippen LogP contribution >= 0.6 is 0 Å². The molecule has 1 aliphatic rings. The number of anilines is 1. The van der Waals surface area contributed by atoms with E-state index in [1.54, 1.807) is 17.0 Å². The van der Waals surface area contributed by atoms with Gasteiger partial charge in [-0.15, -0.1) is 0 Å². The molecule has 1 heterocycles. The Morgan fingerprint density at radius 2 is 1.73 bits per heavy atom. The van der Waals surface area contributed by atoms with Gasteiger partial charge in [0.15, 0.2) is 0 Å². The molecule has 0 saturated carbocycles. The highest BCUT2D eigenvalue weighted by molar-refractivity contribution is 5.92. The number of carbonyl (C=O) groups is 2. The number of hydrogen-bond acceptors (Lipinski definition) is 4. The minimum absolute atomic E-state index is 0.0788. The van der Waals surface area contributed by atoms with Crippen molar-refractivity contribution in [1.29, 1.82) is 0 Å². The molecule has 2 rings (SSSR count). The lowest BCUT2D eigenvalue weighted by Crippen LogP contribution is -2.50. The lowest BCUT2D eigenvalue weighted by molar-refractivity contribution is -0.175. The van der Waals surface area contributed by atoms with Gasteiger partial charge in [0.25, 0.3) is 0 Å². The zero-order chi connectivity index (χ0) is 19.0. The van der Waals surface area contributed by atoms with Crippen molar-refractivity contribution >= 4 is 17.5 Å². The first-order valence-corrected chi connectivity index (χ1v) is 8.33. The highest BCUT2D eigenvalue weighted by atomic mass is 19.4. The molecule has 26 heavy (non-hydrogen) atoms. The maximum Gasteiger partial charge on any atom is 0.411 e. The van der Waals surface area contributed by atoms with Crippen LogP contribution in [0.25, 0.3) is 0 Å². The van der Waals surface area contributed by atoms with E-state index in [-0.39, 0.29) is 31.4 Å². The van der Waals surface area contributed by atoms with Gasteiger partial charge in [-0.3, -0.25) is 14.5 Å². The Kier molecular flexibility index (Phi) is 7.40. The topological polar surface area (TPSA) is 61.9 Å². The summed E-state index contributed by atoms with van der Waals surface area (Å²) in [5.74, 6) is -0.364. The number of hydrogen-bond donors (Lipinski definition) is 1. The van der Waals surface area contributed by atoms with Gasteiger partial charge >= 0.3 is 6.18 Å². The van der Waals surface area contributed by atoms with Gasteiger partial charge in [-0.25, -0.2) is 0 Å². The Bertz CT molecular complexity index is 588. The maximum absolute atomic E-state index is 12.0. The molecule has 1 saturated heterocycles. The maximum atomic E-state index is 12.0. The smallest absolute Gasteiger partial charge is 0.372 e. The summed E-state index contributed by atoms with van der Waals surface area (Å²) in [6, 6.07) is 9.13. The highest BCUT2D eigenvalue weighted by Gasteiger charge is 2.28. The van der Waals surface area contributed by atoms with E-state index in [2.05, 4.69) is 10.1 Å². The molecular formula is C17H22F3N3O3. The summed E-state index contributed by atoms with van der Waals surface area (Å²) < 4.78 is 40.3. The molecule has 6 nitrogen and oxygen atoms in total. The fraction of sp³-hybridized carbons (Fsp3) is 0.529. The lowest BCUT2D eigenvalue weighted by atomic mass is 10.2. The van der Waals surface area contributed by atoms with Crippen LogP contribution in [0.2, 0.25) is 0 Å². The molecule has 0 spiro atoms. The van der Waals surface area contributed by atoms with Gasteiger partial charge in [0, 0.05) is 31.9 Å². The van der Waals surface area contributed by atoms with Crippen molar-refractivity contribution < 1.29 is 27.5 Å². The Balaban J connectivity index is 1.63. The summed E-state index contributed by atoms with van der Waals surface area (Å²) in [7, 11) is 0. The van der Waals surface area contributed by atoms with Crippen molar-refractivity contribution in [2.45, 2.75) is 12.6 Å². The van der Waals surface area contributed by atoms with E-state index < -0.39 is 12.8 Å². The van der Waals surface area contributed by atoms with Gasteiger partial charge in [0.1, 0.15) is 6.61 Å². The van der Waals surface area contributed by atoms with E-state index in [0.29, 0.717) is 26.2 Å². The minimum Gasteiger partial charge on any atom is -0.372 e. The Labute approximate surface area is 149 Å². The number of alkyl halides is 3. The molecule has 9 heteroatoms. The van der Waals surface area contributed by atoms with Gasteiger partial charge < -0.3 is 15.0 Å². The number of halogens is 3. The molecule has 0 bridgehead atoms. The number of nitrogens with zero attached hydrogens (tertiary/aromatic N) is 2. The monoisotopic (exact) mass is 373 g/mol. The fourth-order valence-electron chi connectivity index (χ4n) is 2.59. The Hall–Kier alpha value is -2.13. The number of rotatable bonds is 7. The minimum atomic E-state index is -4.38. The third-order valence-electron chi connectivity index (χ3n) is 3.88. The summed E-state index contributed by atoms with van der Waals surface area (Å²) in [5.41, 5.74) is 0.727. The van der Waals surface area contributed by atoms with Crippen molar-refractivity contribution in [3.63, 3.8) is 0 Å². The number of nitrogens with one attached hydrogen (secondary N) is 1. The average molecular weight is 373 g/mol. The second-order valence-electron chi connectivity index (χ2n) is 5.99. The lowest BCUT2D eigenvalue weighted by Gasteiger charge is -2.34. The SMILES string of the molecule is O=C(CN1CCN(C(=O)CCOCC(F)(F)F)CC1)Nc1ccccc1.